The number of amides is 1. The van der Waals surface area contributed by atoms with Crippen LogP contribution in [0.3, 0.4) is 0 Å². The molecule has 0 radical (unpaired) electrons. The Balaban J connectivity index is 1.84. The first kappa shape index (κ1) is 14.4. The maximum atomic E-state index is 12.9. The molecule has 0 unspecified atom stereocenters. The van der Waals surface area contributed by atoms with E-state index in [1.807, 2.05) is 31.2 Å². The van der Waals surface area contributed by atoms with Gasteiger partial charge < -0.3 is 9.84 Å². The van der Waals surface area contributed by atoms with E-state index in [-0.39, 0.29) is 5.91 Å². The van der Waals surface area contributed by atoms with Crippen molar-refractivity contribution in [3.05, 3.63) is 51.3 Å². The fourth-order valence-corrected chi connectivity index (χ4v) is 3.53. The van der Waals surface area contributed by atoms with E-state index in [4.69, 9.17) is 4.52 Å². The van der Waals surface area contributed by atoms with E-state index < -0.39 is 0 Å². The summed E-state index contributed by atoms with van der Waals surface area (Å²) in [6.45, 7) is 1.84. The van der Waals surface area contributed by atoms with E-state index in [0.29, 0.717) is 17.0 Å². The number of aryl methyl sites for hydroxylation is 2. The number of pyridine rings is 1. The van der Waals surface area contributed by atoms with Gasteiger partial charge in [0.15, 0.2) is 0 Å². The Kier molecular flexibility index (Phi) is 3.41. The quantitative estimate of drug-likeness (QED) is 0.738. The van der Waals surface area contributed by atoms with Crippen molar-refractivity contribution >= 4 is 38.6 Å². The lowest BCUT2D eigenvalue weighted by atomic mass is 10.0. The number of aromatic nitrogens is 2. The van der Waals surface area contributed by atoms with Gasteiger partial charge in [-0.3, -0.25) is 4.79 Å². The molecular formula is C17H14BrN3O2. The largest absolute Gasteiger partial charge is 0.336 e. The van der Waals surface area contributed by atoms with Crippen LogP contribution in [0.15, 0.2) is 33.3 Å². The van der Waals surface area contributed by atoms with Crippen LogP contribution in [0.25, 0.3) is 11.1 Å². The summed E-state index contributed by atoms with van der Waals surface area (Å²) in [6, 6.07) is 7.54. The number of nitrogens with zero attached hydrogens (tertiary/aromatic N) is 2. The van der Waals surface area contributed by atoms with Crippen LogP contribution >= 0.6 is 15.9 Å². The van der Waals surface area contributed by atoms with Crippen molar-refractivity contribution in [1.29, 1.82) is 0 Å². The molecule has 116 valence electrons. The highest BCUT2D eigenvalue weighted by Gasteiger charge is 2.27. The van der Waals surface area contributed by atoms with Crippen molar-refractivity contribution in [2.45, 2.75) is 26.2 Å². The van der Waals surface area contributed by atoms with E-state index in [9.17, 15) is 4.79 Å². The van der Waals surface area contributed by atoms with Gasteiger partial charge in [-0.25, -0.2) is 4.98 Å². The van der Waals surface area contributed by atoms with Gasteiger partial charge in [0.25, 0.3) is 11.6 Å². The second-order valence-electron chi connectivity index (χ2n) is 5.68. The summed E-state index contributed by atoms with van der Waals surface area (Å²) in [6.07, 6.45) is 2.75. The number of rotatable bonds is 2. The number of nitrogens with one attached hydrogen (secondary N) is 1. The summed E-state index contributed by atoms with van der Waals surface area (Å²) in [5, 5.41) is 7.67. The van der Waals surface area contributed by atoms with Gasteiger partial charge in [-0.05, 0) is 49.9 Å². The average molecular weight is 372 g/mol. The molecule has 0 saturated heterocycles. The van der Waals surface area contributed by atoms with Crippen molar-refractivity contribution in [3.63, 3.8) is 0 Å². The minimum Gasteiger partial charge on any atom is -0.336 e. The summed E-state index contributed by atoms with van der Waals surface area (Å²) in [4.78, 5) is 17.4. The molecule has 1 aromatic carbocycles. The molecule has 6 heteroatoms. The number of carbonyl (C=O) groups excluding carboxylic acids is 1. The third-order valence-corrected chi connectivity index (χ3v) is 4.62. The van der Waals surface area contributed by atoms with Crippen LogP contribution in [0.1, 0.15) is 33.7 Å². The molecule has 0 atom stereocenters. The van der Waals surface area contributed by atoms with Gasteiger partial charge in [0.2, 0.25) is 0 Å². The van der Waals surface area contributed by atoms with Crippen molar-refractivity contribution < 1.29 is 9.32 Å². The first-order chi connectivity index (χ1) is 11.1. The molecule has 1 N–H and O–H groups in total. The zero-order valence-electron chi connectivity index (χ0n) is 12.5. The summed E-state index contributed by atoms with van der Waals surface area (Å²) < 4.78 is 6.20. The zero-order chi connectivity index (χ0) is 16.0. The highest BCUT2D eigenvalue weighted by Crippen LogP contribution is 2.32. The summed E-state index contributed by atoms with van der Waals surface area (Å²) in [5.41, 5.74) is 4.52. The Morgan fingerprint density at radius 1 is 1.35 bits per heavy atom. The summed E-state index contributed by atoms with van der Waals surface area (Å²) in [7, 11) is 0. The average Bonchev–Trinajstić information content (AvgIpc) is 3.12. The van der Waals surface area contributed by atoms with Crippen molar-refractivity contribution in [1.82, 2.24) is 10.1 Å². The highest BCUT2D eigenvalue weighted by atomic mass is 79.9. The van der Waals surface area contributed by atoms with Crippen LogP contribution in [-0.4, -0.2) is 16.0 Å². The lowest BCUT2D eigenvalue weighted by molar-refractivity contribution is 0.102. The van der Waals surface area contributed by atoms with Crippen LogP contribution in [0.2, 0.25) is 0 Å². The molecule has 1 aliphatic rings. The van der Waals surface area contributed by atoms with Crippen molar-refractivity contribution in [2.75, 3.05) is 5.32 Å². The normalized spacial score (nSPS) is 13.3. The Morgan fingerprint density at radius 3 is 3.04 bits per heavy atom. The molecule has 1 amide bonds. The Labute approximate surface area is 141 Å². The molecule has 2 heterocycles. The second-order valence-corrected chi connectivity index (χ2v) is 6.59. The van der Waals surface area contributed by atoms with Gasteiger partial charge in [0.05, 0.1) is 16.6 Å². The number of hydrogen-bond acceptors (Lipinski definition) is 4. The number of halogens is 1. The standard InChI is InChI=1S/C17H14BrN3O2/c1-9-14-15(16(22)19-11-5-2-4-10(18)8-11)12-6-3-7-13(12)20-17(14)23-21-9/h2,4-5,8H,3,6-7H2,1H3,(H,19,22). The lowest BCUT2D eigenvalue weighted by Crippen LogP contribution is -2.15. The van der Waals surface area contributed by atoms with Crippen LogP contribution in [0, 0.1) is 6.92 Å². The molecule has 2 aromatic heterocycles. The molecule has 23 heavy (non-hydrogen) atoms. The van der Waals surface area contributed by atoms with E-state index >= 15 is 0 Å². The number of carbonyl (C=O) groups is 1. The van der Waals surface area contributed by atoms with Gasteiger partial charge >= 0.3 is 0 Å². The van der Waals surface area contributed by atoms with Crippen molar-refractivity contribution in [3.8, 4) is 0 Å². The first-order valence-corrected chi connectivity index (χ1v) is 8.27. The third-order valence-electron chi connectivity index (χ3n) is 4.13. The van der Waals surface area contributed by atoms with Gasteiger partial charge in [-0.1, -0.05) is 27.2 Å². The zero-order valence-corrected chi connectivity index (χ0v) is 14.1. The Hall–Kier alpha value is -2.21. The third kappa shape index (κ3) is 2.43. The molecule has 0 fully saturated rings. The fraction of sp³-hybridized carbons (Fsp3) is 0.235. The maximum Gasteiger partial charge on any atom is 0.259 e. The monoisotopic (exact) mass is 371 g/mol. The molecule has 1 aliphatic carbocycles. The molecule has 4 rings (SSSR count). The number of benzene rings is 1. The molecular weight excluding hydrogens is 358 g/mol. The minimum absolute atomic E-state index is 0.139. The van der Waals surface area contributed by atoms with Gasteiger partial charge in [-0.2, -0.15) is 0 Å². The van der Waals surface area contributed by atoms with E-state index in [1.54, 1.807) is 0 Å². The van der Waals surface area contributed by atoms with Gasteiger partial charge in [0.1, 0.15) is 0 Å². The van der Waals surface area contributed by atoms with Crippen LogP contribution in [0.4, 0.5) is 5.69 Å². The number of fused-ring (bicyclic) bond motifs is 2. The van der Waals surface area contributed by atoms with E-state index in [0.717, 1.165) is 46.1 Å². The predicted octanol–water partition coefficient (Wildman–Crippen LogP) is 4.03. The molecule has 0 aliphatic heterocycles. The SMILES string of the molecule is Cc1noc2nc3c(c(C(=O)Nc4cccc(Br)c4)c12)CCC3. The first-order valence-electron chi connectivity index (χ1n) is 7.48. The topological polar surface area (TPSA) is 68.0 Å². The van der Waals surface area contributed by atoms with E-state index in [1.165, 1.54) is 0 Å². The molecule has 0 bridgehead atoms. The number of anilines is 1. The number of hydrogen-bond donors (Lipinski definition) is 1. The van der Waals surface area contributed by atoms with Gasteiger partial charge in [-0.15, -0.1) is 0 Å². The smallest absolute Gasteiger partial charge is 0.259 e. The summed E-state index contributed by atoms with van der Waals surface area (Å²) >= 11 is 3.42. The van der Waals surface area contributed by atoms with Gasteiger partial charge in [0, 0.05) is 15.9 Å². The van der Waals surface area contributed by atoms with Crippen LogP contribution in [0.5, 0.6) is 0 Å². The maximum absolute atomic E-state index is 12.9. The summed E-state index contributed by atoms with van der Waals surface area (Å²) in [5.74, 6) is -0.139. The predicted molar refractivity (Wildman–Crippen MR) is 90.7 cm³/mol. The second kappa shape index (κ2) is 5.45. The fourth-order valence-electron chi connectivity index (χ4n) is 3.13. The minimum atomic E-state index is -0.139. The Morgan fingerprint density at radius 2 is 2.22 bits per heavy atom. The van der Waals surface area contributed by atoms with Crippen molar-refractivity contribution in [2.24, 2.45) is 0 Å². The van der Waals surface area contributed by atoms with Crippen LogP contribution in [-0.2, 0) is 12.8 Å². The molecule has 0 spiro atoms. The van der Waals surface area contributed by atoms with Crippen LogP contribution < -0.4 is 5.32 Å². The molecule has 3 aromatic rings. The molecule has 5 nitrogen and oxygen atoms in total. The molecule has 0 saturated carbocycles. The lowest BCUT2D eigenvalue weighted by Gasteiger charge is -2.10. The van der Waals surface area contributed by atoms with E-state index in [2.05, 4.69) is 31.4 Å². The highest BCUT2D eigenvalue weighted by molar-refractivity contribution is 9.10. The Bertz CT molecular complexity index is 933.